The maximum atomic E-state index is 14.1. The number of methoxy groups -OCH3 is 2. The fraction of sp³-hybridized carbons (Fsp3) is 0.472. The van der Waals surface area contributed by atoms with Gasteiger partial charge in [0.2, 0.25) is 0 Å². The first-order chi connectivity index (χ1) is 21.5. The number of hydrogen-bond donors (Lipinski definition) is 0. The smallest absolute Gasteiger partial charge is 0.320 e. The molecule has 1 radical (unpaired) electrons. The molecule has 6 rings (SSSR count). The van der Waals surface area contributed by atoms with Crippen LogP contribution in [0.2, 0.25) is 0 Å². The van der Waals surface area contributed by atoms with Crippen LogP contribution in [0.1, 0.15) is 67.1 Å². The third-order valence-corrected chi connectivity index (χ3v) is 10.4. The van der Waals surface area contributed by atoms with Gasteiger partial charge in [0.25, 0.3) is 0 Å². The van der Waals surface area contributed by atoms with Crippen LogP contribution in [0.5, 0.6) is 0 Å². The van der Waals surface area contributed by atoms with Crippen molar-refractivity contribution in [2.24, 2.45) is 17.8 Å². The molecule has 5 heterocycles. The van der Waals surface area contributed by atoms with E-state index in [0.29, 0.717) is 28.3 Å². The summed E-state index contributed by atoms with van der Waals surface area (Å²) in [6.07, 6.45) is 9.56. The van der Waals surface area contributed by atoms with Crippen molar-refractivity contribution in [2.75, 3.05) is 14.2 Å². The third kappa shape index (κ3) is 5.29. The molecule has 0 amide bonds. The first-order valence-corrected chi connectivity index (χ1v) is 15.7. The van der Waals surface area contributed by atoms with Gasteiger partial charge in [0.1, 0.15) is 5.92 Å². The van der Waals surface area contributed by atoms with Gasteiger partial charge in [0.15, 0.2) is 5.78 Å². The molecule has 2 aromatic rings. The number of ether oxygens (including phenoxy) is 2. The Morgan fingerprint density at radius 1 is 0.957 bits per heavy atom. The summed E-state index contributed by atoms with van der Waals surface area (Å²) >= 11 is 0. The van der Waals surface area contributed by atoms with Crippen LogP contribution in [0.3, 0.4) is 0 Å². The Balaban J connectivity index is 0.00000417. The second-order valence-corrected chi connectivity index (χ2v) is 12.6. The Morgan fingerprint density at radius 2 is 1.65 bits per heavy atom. The van der Waals surface area contributed by atoms with Crippen molar-refractivity contribution in [3.8, 4) is 0 Å². The Labute approximate surface area is 279 Å². The SMILES string of the molecule is C=Cc1c(C)/c2[n-]/c1=C\C1[N-]C(/C=c3\[n-]c4c(c3C)C(=O)C(C(=O)OC)C=4C3[N-]C(\C=2)C(C)C3CCC(=O)OC)C(CC)=C1C.[Mn]. The van der Waals surface area contributed by atoms with Gasteiger partial charge in [-0.1, -0.05) is 78.3 Å². The molecule has 1 aliphatic carbocycles. The van der Waals surface area contributed by atoms with Gasteiger partial charge < -0.3 is 30.1 Å². The number of carbonyl (C=O) groups excluding carboxylic acids is 3. The minimum absolute atomic E-state index is 0. The van der Waals surface area contributed by atoms with Crippen LogP contribution in [-0.4, -0.2) is 56.1 Å². The van der Waals surface area contributed by atoms with Crippen LogP contribution in [0.25, 0.3) is 40.5 Å². The number of fused-ring (bicyclic) bond motifs is 8. The molecule has 46 heavy (non-hydrogen) atoms. The van der Waals surface area contributed by atoms with Crippen molar-refractivity contribution in [1.82, 2.24) is 9.97 Å². The summed E-state index contributed by atoms with van der Waals surface area (Å²) in [5.74, 6) is -2.58. The van der Waals surface area contributed by atoms with Crippen molar-refractivity contribution < 1.29 is 40.9 Å². The van der Waals surface area contributed by atoms with Gasteiger partial charge in [-0.05, 0) is 39.2 Å². The van der Waals surface area contributed by atoms with Gasteiger partial charge in [-0.3, -0.25) is 14.4 Å². The number of hydrogen-bond acceptors (Lipinski definition) is 5. The van der Waals surface area contributed by atoms with E-state index in [4.69, 9.17) is 30.1 Å². The number of rotatable bonds is 6. The molecule has 9 nitrogen and oxygen atoms in total. The predicted octanol–water partition coefficient (Wildman–Crippen LogP) is 2.23. The minimum atomic E-state index is -1.14. The molecule has 3 aliphatic heterocycles. The molecule has 2 aromatic heterocycles. The van der Waals surface area contributed by atoms with E-state index in [1.165, 1.54) is 25.4 Å². The summed E-state index contributed by atoms with van der Waals surface area (Å²) in [4.78, 5) is 49.8. The van der Waals surface area contributed by atoms with Gasteiger partial charge >= 0.3 is 11.9 Å². The monoisotopic (exact) mass is 663 g/mol. The van der Waals surface area contributed by atoms with E-state index < -0.39 is 17.9 Å². The van der Waals surface area contributed by atoms with E-state index >= 15 is 0 Å². The molecule has 0 spiro atoms. The van der Waals surface area contributed by atoms with Crippen LogP contribution in [-0.2, 0) is 36.1 Å². The second-order valence-electron chi connectivity index (χ2n) is 12.6. The first kappa shape index (κ1) is 33.9. The average molecular weight is 664 g/mol. The molecule has 10 heteroatoms. The van der Waals surface area contributed by atoms with E-state index in [1.54, 1.807) is 0 Å². The van der Waals surface area contributed by atoms with Gasteiger partial charge in [0, 0.05) is 29.1 Å². The van der Waals surface area contributed by atoms with Crippen molar-refractivity contribution in [3.05, 3.63) is 72.0 Å². The summed E-state index contributed by atoms with van der Waals surface area (Å²) in [6, 6.07) is -1.20. The van der Waals surface area contributed by atoms with Crippen LogP contribution in [0.4, 0.5) is 0 Å². The molecule has 0 N–H and O–H groups in total. The number of Topliss-reactive ketones (excluding diaryl/α,β-unsaturated/α-hetero) is 1. The largest absolute Gasteiger partial charge is 0.658 e. The molecule has 8 bridgehead atoms. The Hall–Kier alpha value is -3.43. The Morgan fingerprint density at radius 3 is 2.30 bits per heavy atom. The van der Waals surface area contributed by atoms with E-state index in [0.717, 1.165) is 33.8 Å². The molecule has 245 valence electrons. The summed E-state index contributed by atoms with van der Waals surface area (Å²) < 4.78 is 10.2. The molecule has 7 atom stereocenters. The van der Waals surface area contributed by atoms with Crippen molar-refractivity contribution in [3.63, 3.8) is 0 Å². The molecule has 0 aromatic carbocycles. The van der Waals surface area contributed by atoms with Crippen molar-refractivity contribution in [1.29, 1.82) is 0 Å². The zero-order valence-corrected chi connectivity index (χ0v) is 28.6. The predicted molar refractivity (Wildman–Crippen MR) is 173 cm³/mol. The quantitative estimate of drug-likeness (QED) is 0.201. The average Bonchev–Trinajstić information content (AvgIpc) is 3.76. The molecular formula is C36H40MnN4O5-4. The normalized spacial score (nSPS) is 30.1. The summed E-state index contributed by atoms with van der Waals surface area (Å²) in [5.41, 5.74) is 6.11. The number of nitrogens with zero attached hydrogens (tertiary/aromatic N) is 4. The van der Waals surface area contributed by atoms with E-state index in [1.807, 2.05) is 26.0 Å². The summed E-state index contributed by atoms with van der Waals surface area (Å²) in [7, 11) is 2.67. The van der Waals surface area contributed by atoms with Gasteiger partial charge in [-0.15, -0.1) is 51.7 Å². The summed E-state index contributed by atoms with van der Waals surface area (Å²) in [5, 5.41) is 13.3. The minimum Gasteiger partial charge on any atom is -0.658 e. The Bertz CT molecular complexity index is 1900. The van der Waals surface area contributed by atoms with Crippen molar-refractivity contribution in [2.45, 2.75) is 78.0 Å². The first-order valence-electron chi connectivity index (χ1n) is 15.7. The van der Waals surface area contributed by atoms with Crippen LogP contribution < -0.4 is 31.4 Å². The Kier molecular flexibility index (Phi) is 9.58. The third-order valence-electron chi connectivity index (χ3n) is 10.4. The molecule has 1 saturated heterocycles. The number of carbonyl (C=O) groups is 3. The van der Waals surface area contributed by atoms with E-state index in [2.05, 4.69) is 39.5 Å². The molecule has 4 aliphatic rings. The number of ketones is 1. The van der Waals surface area contributed by atoms with Gasteiger partial charge in [0.05, 0.1) is 14.2 Å². The number of esters is 2. The van der Waals surface area contributed by atoms with Crippen LogP contribution >= 0.6 is 0 Å². The van der Waals surface area contributed by atoms with Gasteiger partial charge in [-0.2, -0.15) is 0 Å². The van der Waals surface area contributed by atoms with E-state index in [9.17, 15) is 14.4 Å². The summed E-state index contributed by atoms with van der Waals surface area (Å²) in [6.45, 7) is 14.4. The second kappa shape index (κ2) is 13.0. The maximum Gasteiger partial charge on any atom is 0.320 e. The number of aromatic nitrogens is 2. The van der Waals surface area contributed by atoms with E-state index in [-0.39, 0.29) is 65.2 Å². The maximum absolute atomic E-state index is 14.1. The van der Waals surface area contributed by atoms with Gasteiger partial charge in [-0.25, -0.2) is 0 Å². The van der Waals surface area contributed by atoms with Crippen LogP contribution in [0, 0.1) is 31.6 Å². The zero-order valence-electron chi connectivity index (χ0n) is 27.4. The standard InChI is InChI=1S/C36H40N4O5.Mn/c1-9-20-16(3)23-13-25-18(5)22(11-12-29(41)44-7)33(39-25)31-32(36(43)45-8)35(42)30-19(6)26(40-34(30)31)15-28-21(10-2)17(4)24(38-28)14-27(20)37-23;/h9,13-15,18,22,24-25,28,32-33H,1,10-12H2,2-8H3;/q-4;/b23-13-,26-15-,27-14-;. The molecule has 0 saturated carbocycles. The zero-order chi connectivity index (χ0) is 32.3. The molecule has 7 unspecified atom stereocenters. The molecular weight excluding hydrogens is 623 g/mol. The molecule has 1 fully saturated rings. The topological polar surface area (TPSA) is 126 Å². The fourth-order valence-electron chi connectivity index (χ4n) is 7.82. The fourth-order valence-corrected chi connectivity index (χ4v) is 7.82. The van der Waals surface area contributed by atoms with Crippen molar-refractivity contribution >= 4 is 47.6 Å². The van der Waals surface area contributed by atoms with Crippen LogP contribution in [0.15, 0.2) is 17.7 Å².